The number of carbonyl (C=O) groups is 4. The van der Waals surface area contributed by atoms with Crippen LogP contribution in [0.2, 0.25) is 0 Å². The van der Waals surface area contributed by atoms with E-state index in [1.54, 1.807) is 0 Å². The molecular weight excluding hydrogens is 374 g/mol. The van der Waals surface area contributed by atoms with Crippen LogP contribution in [-0.2, 0) is 28.8 Å². The van der Waals surface area contributed by atoms with Crippen LogP contribution >= 0.6 is 0 Å². The maximum Gasteiger partial charge on any atom is 0.333 e. The normalized spacial score (nSPS) is 14.4. The number of imide groups is 1. The fourth-order valence-electron chi connectivity index (χ4n) is 3.15. The van der Waals surface area contributed by atoms with Gasteiger partial charge in [0, 0.05) is 25.7 Å². The lowest BCUT2D eigenvalue weighted by Gasteiger charge is -2.19. The van der Waals surface area contributed by atoms with Crippen molar-refractivity contribution in [2.75, 3.05) is 0 Å². The molecule has 0 spiro atoms. The van der Waals surface area contributed by atoms with Gasteiger partial charge in [-0.25, -0.2) is 4.79 Å². The standard InChI is InChI=1S/C22H37NO6/c1-22(2,3)28-20(26)14-12-10-8-6-4-5-7-9-11-13-15-21(27)29-23-18(24)16-17-19(23)25/h4-17H2,1-3H3. The molecule has 0 aliphatic carbocycles. The zero-order chi connectivity index (χ0) is 21.7. The van der Waals surface area contributed by atoms with E-state index in [1.165, 1.54) is 19.3 Å². The second kappa shape index (κ2) is 13.3. The van der Waals surface area contributed by atoms with Gasteiger partial charge in [0.2, 0.25) is 0 Å². The molecule has 29 heavy (non-hydrogen) atoms. The second-order valence-corrected chi connectivity index (χ2v) is 8.67. The molecule has 1 aliphatic heterocycles. The van der Waals surface area contributed by atoms with Crippen LogP contribution < -0.4 is 0 Å². The summed E-state index contributed by atoms with van der Waals surface area (Å²) in [5.74, 6) is -1.50. The van der Waals surface area contributed by atoms with Crippen LogP contribution in [0.4, 0.5) is 0 Å². The van der Waals surface area contributed by atoms with E-state index in [0.29, 0.717) is 17.9 Å². The van der Waals surface area contributed by atoms with E-state index in [9.17, 15) is 19.2 Å². The monoisotopic (exact) mass is 411 g/mol. The maximum atomic E-state index is 11.7. The first kappa shape index (κ1) is 25.1. The average molecular weight is 412 g/mol. The highest BCUT2D eigenvalue weighted by Gasteiger charge is 2.32. The van der Waals surface area contributed by atoms with Gasteiger partial charge in [0.1, 0.15) is 5.60 Å². The van der Waals surface area contributed by atoms with E-state index >= 15 is 0 Å². The van der Waals surface area contributed by atoms with Crippen molar-refractivity contribution in [3.8, 4) is 0 Å². The minimum atomic E-state index is -0.514. The van der Waals surface area contributed by atoms with E-state index in [2.05, 4.69) is 0 Å². The molecule has 0 aromatic rings. The molecule has 2 amide bonds. The van der Waals surface area contributed by atoms with Crippen molar-refractivity contribution in [2.24, 2.45) is 0 Å². The first-order valence-electron chi connectivity index (χ1n) is 11.0. The zero-order valence-corrected chi connectivity index (χ0v) is 18.3. The Kier molecular flexibility index (Phi) is 11.5. The zero-order valence-electron chi connectivity index (χ0n) is 18.3. The summed E-state index contributed by atoms with van der Waals surface area (Å²) in [6, 6.07) is 0. The molecule has 7 nitrogen and oxygen atoms in total. The Bertz CT molecular complexity index is 536. The Morgan fingerprint density at radius 1 is 0.724 bits per heavy atom. The van der Waals surface area contributed by atoms with Gasteiger partial charge in [-0.3, -0.25) is 14.4 Å². The Labute approximate surface area is 174 Å². The van der Waals surface area contributed by atoms with Crippen molar-refractivity contribution < 1.29 is 28.8 Å². The molecule has 166 valence electrons. The van der Waals surface area contributed by atoms with E-state index in [0.717, 1.165) is 38.5 Å². The van der Waals surface area contributed by atoms with E-state index < -0.39 is 23.4 Å². The van der Waals surface area contributed by atoms with E-state index in [4.69, 9.17) is 9.57 Å². The van der Waals surface area contributed by atoms with Crippen molar-refractivity contribution in [3.05, 3.63) is 0 Å². The van der Waals surface area contributed by atoms with Crippen LogP contribution in [0.15, 0.2) is 0 Å². The predicted molar refractivity (Wildman–Crippen MR) is 108 cm³/mol. The van der Waals surface area contributed by atoms with Crippen molar-refractivity contribution in [1.82, 2.24) is 5.06 Å². The van der Waals surface area contributed by atoms with Crippen molar-refractivity contribution in [1.29, 1.82) is 0 Å². The van der Waals surface area contributed by atoms with Gasteiger partial charge in [-0.2, -0.15) is 0 Å². The molecule has 0 N–H and O–H groups in total. The summed E-state index contributed by atoms with van der Waals surface area (Å²) < 4.78 is 5.29. The Balaban J connectivity index is 1.86. The summed E-state index contributed by atoms with van der Waals surface area (Å²) in [6.07, 6.45) is 11.4. The number of hydrogen-bond donors (Lipinski definition) is 0. The fourth-order valence-corrected chi connectivity index (χ4v) is 3.15. The summed E-state index contributed by atoms with van der Waals surface area (Å²) >= 11 is 0. The molecule has 1 fully saturated rings. The highest BCUT2D eigenvalue weighted by Crippen LogP contribution is 2.15. The number of ether oxygens (including phenoxy) is 1. The van der Waals surface area contributed by atoms with Crippen LogP contribution in [-0.4, -0.2) is 34.4 Å². The first-order chi connectivity index (χ1) is 13.7. The quantitative estimate of drug-likeness (QED) is 0.235. The van der Waals surface area contributed by atoms with Gasteiger partial charge < -0.3 is 9.57 Å². The van der Waals surface area contributed by atoms with Gasteiger partial charge >= 0.3 is 11.9 Å². The Morgan fingerprint density at radius 3 is 1.52 bits per heavy atom. The molecule has 0 saturated carbocycles. The molecule has 1 aliphatic rings. The van der Waals surface area contributed by atoms with Gasteiger partial charge in [0.15, 0.2) is 0 Å². The smallest absolute Gasteiger partial charge is 0.333 e. The maximum absolute atomic E-state index is 11.7. The lowest BCUT2D eigenvalue weighted by Crippen LogP contribution is -2.31. The topological polar surface area (TPSA) is 90.0 Å². The number of hydroxylamine groups is 2. The van der Waals surface area contributed by atoms with E-state index in [-0.39, 0.29) is 25.2 Å². The van der Waals surface area contributed by atoms with Crippen LogP contribution in [0.1, 0.15) is 111 Å². The molecule has 0 atom stereocenters. The van der Waals surface area contributed by atoms with Crippen molar-refractivity contribution in [3.63, 3.8) is 0 Å². The molecule has 0 aromatic heterocycles. The predicted octanol–water partition coefficient (Wildman–Crippen LogP) is 4.62. The Morgan fingerprint density at radius 2 is 1.10 bits per heavy atom. The van der Waals surface area contributed by atoms with Gasteiger partial charge in [-0.1, -0.05) is 51.4 Å². The van der Waals surface area contributed by atoms with Crippen LogP contribution in [0.3, 0.4) is 0 Å². The molecule has 0 aromatic carbocycles. The second-order valence-electron chi connectivity index (χ2n) is 8.67. The Hall–Kier alpha value is -1.92. The molecular formula is C22H37NO6. The molecule has 0 bridgehead atoms. The number of unbranched alkanes of at least 4 members (excludes halogenated alkanes) is 9. The largest absolute Gasteiger partial charge is 0.460 e. The summed E-state index contributed by atoms with van der Waals surface area (Å²) in [5.41, 5.74) is -0.399. The number of amides is 2. The average Bonchev–Trinajstić information content (AvgIpc) is 2.93. The molecule has 7 heteroatoms. The number of carbonyl (C=O) groups excluding carboxylic acids is 4. The van der Waals surface area contributed by atoms with Crippen LogP contribution in [0.5, 0.6) is 0 Å². The third-order valence-electron chi connectivity index (χ3n) is 4.63. The van der Waals surface area contributed by atoms with E-state index in [1.807, 2.05) is 20.8 Å². The molecule has 0 unspecified atom stereocenters. The summed E-state index contributed by atoms with van der Waals surface area (Å²) in [7, 11) is 0. The number of hydrogen-bond acceptors (Lipinski definition) is 6. The molecule has 1 heterocycles. The molecule has 1 rings (SSSR count). The molecule has 1 saturated heterocycles. The first-order valence-corrected chi connectivity index (χ1v) is 11.0. The lowest BCUT2D eigenvalue weighted by molar-refractivity contribution is -0.197. The number of rotatable bonds is 14. The van der Waals surface area contributed by atoms with Crippen molar-refractivity contribution in [2.45, 2.75) is 116 Å². The third-order valence-corrected chi connectivity index (χ3v) is 4.63. The van der Waals surface area contributed by atoms with Gasteiger partial charge in [-0.15, -0.1) is 5.06 Å². The van der Waals surface area contributed by atoms with Crippen LogP contribution in [0.25, 0.3) is 0 Å². The number of nitrogens with zero attached hydrogens (tertiary/aromatic N) is 1. The lowest BCUT2D eigenvalue weighted by atomic mass is 10.1. The SMILES string of the molecule is CC(C)(C)OC(=O)CCCCCCCCCCCCC(=O)ON1C(=O)CCC1=O. The number of esters is 1. The third kappa shape index (κ3) is 12.3. The van der Waals surface area contributed by atoms with Gasteiger partial charge in [0.05, 0.1) is 0 Å². The fraction of sp³-hybridized carbons (Fsp3) is 0.818. The van der Waals surface area contributed by atoms with Crippen molar-refractivity contribution >= 4 is 23.8 Å². The molecule has 0 radical (unpaired) electrons. The highest BCUT2D eigenvalue weighted by molar-refractivity contribution is 6.01. The van der Waals surface area contributed by atoms with Crippen LogP contribution in [0, 0.1) is 0 Å². The summed E-state index contributed by atoms with van der Waals surface area (Å²) in [5, 5.41) is 0.607. The summed E-state index contributed by atoms with van der Waals surface area (Å²) in [6.45, 7) is 5.65. The minimum absolute atomic E-state index is 0.111. The van der Waals surface area contributed by atoms with Gasteiger partial charge in [-0.05, 0) is 33.6 Å². The highest BCUT2D eigenvalue weighted by atomic mass is 16.7. The van der Waals surface area contributed by atoms with Gasteiger partial charge in [0.25, 0.3) is 11.8 Å². The minimum Gasteiger partial charge on any atom is -0.460 e. The summed E-state index contributed by atoms with van der Waals surface area (Å²) in [4.78, 5) is 50.8.